The molecule has 0 unspecified atom stereocenters. The number of hydrogen-bond donors (Lipinski definition) is 0. The van der Waals surface area contributed by atoms with E-state index in [0.717, 1.165) is 0 Å². The summed E-state index contributed by atoms with van der Waals surface area (Å²) in [6, 6.07) is 0. The number of imide groups is 1. The molecule has 0 bridgehead atoms. The standard InChI is InChI=1S/C10H11NO3/c1-4-5-6-8-7(2)9(12)11(14-3)10(8)13/h4-6H,2H2,1,3H3/b5-4-,8-6+. The lowest BCUT2D eigenvalue weighted by molar-refractivity contribution is -0.177. The van der Waals surface area contributed by atoms with E-state index in [1.807, 2.05) is 6.92 Å². The Bertz CT molecular complexity index is 352. The summed E-state index contributed by atoms with van der Waals surface area (Å²) in [5.74, 6) is -0.978. The van der Waals surface area contributed by atoms with Crippen molar-refractivity contribution in [1.29, 1.82) is 0 Å². The van der Waals surface area contributed by atoms with Crippen LogP contribution in [0.1, 0.15) is 6.92 Å². The lowest BCUT2D eigenvalue weighted by Gasteiger charge is -2.06. The lowest BCUT2D eigenvalue weighted by Crippen LogP contribution is -2.28. The van der Waals surface area contributed by atoms with Crippen LogP contribution < -0.4 is 0 Å². The molecule has 74 valence electrons. The van der Waals surface area contributed by atoms with Crippen molar-refractivity contribution in [3.63, 3.8) is 0 Å². The van der Waals surface area contributed by atoms with Crippen LogP contribution in [-0.4, -0.2) is 24.0 Å². The van der Waals surface area contributed by atoms with Crippen LogP contribution in [0.25, 0.3) is 0 Å². The molecule has 1 aliphatic heterocycles. The number of rotatable bonds is 2. The van der Waals surface area contributed by atoms with Crippen LogP contribution in [0.4, 0.5) is 0 Å². The molecule has 0 N–H and O–H groups in total. The van der Waals surface area contributed by atoms with Gasteiger partial charge in [-0.2, -0.15) is 0 Å². The van der Waals surface area contributed by atoms with Crippen molar-refractivity contribution in [2.75, 3.05) is 7.11 Å². The highest BCUT2D eigenvalue weighted by Crippen LogP contribution is 2.23. The van der Waals surface area contributed by atoms with Crippen molar-refractivity contribution in [3.8, 4) is 0 Å². The molecular weight excluding hydrogens is 182 g/mol. The molecular formula is C10H11NO3. The molecule has 1 fully saturated rings. The van der Waals surface area contributed by atoms with Gasteiger partial charge in [0.15, 0.2) is 0 Å². The Morgan fingerprint density at radius 1 is 1.36 bits per heavy atom. The normalized spacial score (nSPS) is 20.6. The number of carbonyl (C=O) groups is 2. The molecule has 1 aliphatic rings. The van der Waals surface area contributed by atoms with Gasteiger partial charge in [-0.25, -0.2) is 0 Å². The van der Waals surface area contributed by atoms with E-state index in [-0.39, 0.29) is 11.1 Å². The second-order valence-electron chi connectivity index (χ2n) is 2.67. The van der Waals surface area contributed by atoms with Gasteiger partial charge in [0.05, 0.1) is 12.7 Å². The van der Waals surface area contributed by atoms with Gasteiger partial charge in [0, 0.05) is 5.57 Å². The van der Waals surface area contributed by atoms with Crippen LogP contribution in [0.5, 0.6) is 0 Å². The number of allylic oxidation sites excluding steroid dienone is 3. The summed E-state index contributed by atoms with van der Waals surface area (Å²) in [5, 5.41) is 0.692. The van der Waals surface area contributed by atoms with Gasteiger partial charge in [0.2, 0.25) is 0 Å². The molecule has 4 heteroatoms. The topological polar surface area (TPSA) is 46.6 Å². The summed E-state index contributed by atoms with van der Waals surface area (Å²) < 4.78 is 0. The highest BCUT2D eigenvalue weighted by atomic mass is 16.7. The molecule has 0 radical (unpaired) electrons. The summed E-state index contributed by atoms with van der Waals surface area (Å²) in [6.45, 7) is 5.34. The van der Waals surface area contributed by atoms with E-state index >= 15 is 0 Å². The largest absolute Gasteiger partial charge is 0.285 e. The Balaban J connectivity index is 3.07. The summed E-state index contributed by atoms with van der Waals surface area (Å²) >= 11 is 0. The molecule has 0 aliphatic carbocycles. The van der Waals surface area contributed by atoms with E-state index in [2.05, 4.69) is 11.4 Å². The summed E-state index contributed by atoms with van der Waals surface area (Å²) in [4.78, 5) is 27.4. The van der Waals surface area contributed by atoms with Gasteiger partial charge in [0.1, 0.15) is 0 Å². The third-order valence-corrected chi connectivity index (χ3v) is 1.82. The van der Waals surface area contributed by atoms with Gasteiger partial charge >= 0.3 is 0 Å². The van der Waals surface area contributed by atoms with Gasteiger partial charge in [-0.3, -0.25) is 14.4 Å². The van der Waals surface area contributed by atoms with E-state index in [1.54, 1.807) is 18.2 Å². The minimum Gasteiger partial charge on any atom is -0.266 e. The minimum atomic E-state index is -0.506. The van der Waals surface area contributed by atoms with Crippen molar-refractivity contribution in [2.24, 2.45) is 0 Å². The summed E-state index contributed by atoms with van der Waals surface area (Å²) in [5.41, 5.74) is 0.435. The fourth-order valence-electron chi connectivity index (χ4n) is 1.10. The molecule has 2 amide bonds. The van der Waals surface area contributed by atoms with Crippen molar-refractivity contribution < 1.29 is 14.4 Å². The first-order valence-corrected chi connectivity index (χ1v) is 4.08. The molecule has 14 heavy (non-hydrogen) atoms. The van der Waals surface area contributed by atoms with Gasteiger partial charge < -0.3 is 0 Å². The van der Waals surface area contributed by atoms with Crippen LogP contribution in [0.2, 0.25) is 0 Å². The third kappa shape index (κ3) is 1.52. The maximum Gasteiger partial charge on any atom is 0.285 e. The van der Waals surface area contributed by atoms with E-state index in [0.29, 0.717) is 5.06 Å². The zero-order chi connectivity index (χ0) is 10.7. The Hall–Kier alpha value is -1.68. The van der Waals surface area contributed by atoms with Crippen molar-refractivity contribution in [3.05, 3.63) is 36.0 Å². The van der Waals surface area contributed by atoms with Crippen LogP contribution in [0, 0.1) is 0 Å². The highest BCUT2D eigenvalue weighted by Gasteiger charge is 2.37. The molecule has 1 saturated heterocycles. The van der Waals surface area contributed by atoms with Gasteiger partial charge in [-0.1, -0.05) is 18.7 Å². The maximum absolute atomic E-state index is 11.5. The number of hydrogen-bond acceptors (Lipinski definition) is 3. The zero-order valence-corrected chi connectivity index (χ0v) is 8.11. The lowest BCUT2D eigenvalue weighted by atomic mass is 10.1. The number of carbonyl (C=O) groups excluding carboxylic acids is 2. The van der Waals surface area contributed by atoms with E-state index in [1.165, 1.54) is 7.11 Å². The number of hydroxylamine groups is 2. The van der Waals surface area contributed by atoms with Crippen LogP contribution >= 0.6 is 0 Å². The maximum atomic E-state index is 11.5. The smallest absolute Gasteiger partial charge is 0.266 e. The predicted octanol–water partition coefficient (Wildman–Crippen LogP) is 0.975. The SMILES string of the molecule is C=C1C(=O)N(OC)C(=O)/C1=C/C=C\C. The predicted molar refractivity (Wildman–Crippen MR) is 50.9 cm³/mol. The molecule has 4 nitrogen and oxygen atoms in total. The van der Waals surface area contributed by atoms with Crippen LogP contribution in [0.15, 0.2) is 36.0 Å². The second-order valence-corrected chi connectivity index (χ2v) is 2.67. The summed E-state index contributed by atoms with van der Waals surface area (Å²) in [7, 11) is 1.27. The molecule has 1 heterocycles. The average molecular weight is 193 g/mol. The fraction of sp³-hybridized carbons (Fsp3) is 0.200. The first kappa shape index (κ1) is 10.4. The average Bonchev–Trinajstić information content (AvgIpc) is 2.37. The summed E-state index contributed by atoms with van der Waals surface area (Å²) in [6.07, 6.45) is 4.97. The van der Waals surface area contributed by atoms with Crippen LogP contribution in [-0.2, 0) is 14.4 Å². The van der Waals surface area contributed by atoms with Gasteiger partial charge in [-0.15, -0.1) is 5.06 Å². The molecule has 0 spiro atoms. The molecule has 0 aromatic carbocycles. The Morgan fingerprint density at radius 3 is 2.43 bits per heavy atom. The number of nitrogens with zero attached hydrogens (tertiary/aromatic N) is 1. The molecule has 1 rings (SSSR count). The van der Waals surface area contributed by atoms with Gasteiger partial charge in [-0.05, 0) is 13.0 Å². The molecule has 0 atom stereocenters. The van der Waals surface area contributed by atoms with Crippen molar-refractivity contribution in [1.82, 2.24) is 5.06 Å². The molecule has 0 aromatic heterocycles. The molecule has 0 saturated carbocycles. The van der Waals surface area contributed by atoms with Crippen molar-refractivity contribution >= 4 is 11.8 Å². The Kier molecular flexibility index (Phi) is 2.99. The fourth-order valence-corrected chi connectivity index (χ4v) is 1.10. The highest BCUT2D eigenvalue weighted by molar-refractivity contribution is 6.23. The molecule has 0 aromatic rings. The van der Waals surface area contributed by atoms with Gasteiger partial charge in [0.25, 0.3) is 11.8 Å². The third-order valence-electron chi connectivity index (χ3n) is 1.82. The van der Waals surface area contributed by atoms with Crippen molar-refractivity contribution in [2.45, 2.75) is 6.92 Å². The first-order chi connectivity index (χ1) is 6.63. The van der Waals surface area contributed by atoms with E-state index in [9.17, 15) is 9.59 Å². The Labute approximate surface area is 82.1 Å². The minimum absolute atomic E-state index is 0.162. The number of amides is 2. The monoisotopic (exact) mass is 193 g/mol. The second kappa shape index (κ2) is 4.02. The Morgan fingerprint density at radius 2 is 2.00 bits per heavy atom. The quantitative estimate of drug-likeness (QED) is 0.485. The zero-order valence-electron chi connectivity index (χ0n) is 8.11. The van der Waals surface area contributed by atoms with Crippen LogP contribution in [0.3, 0.4) is 0 Å². The first-order valence-electron chi connectivity index (χ1n) is 4.08. The van der Waals surface area contributed by atoms with E-state index in [4.69, 9.17) is 0 Å². The van der Waals surface area contributed by atoms with E-state index < -0.39 is 11.8 Å².